The molecule has 1 aliphatic rings. The second-order valence-electron chi connectivity index (χ2n) is 5.59. The number of nitrogens with zero attached hydrogens (tertiary/aromatic N) is 4. The zero-order chi connectivity index (χ0) is 16.6. The maximum atomic E-state index is 12.6. The van der Waals surface area contributed by atoms with E-state index < -0.39 is 0 Å². The number of carbonyl (C=O) groups excluding carboxylic acids is 2. The molecule has 0 saturated carbocycles. The minimum absolute atomic E-state index is 0.00295. The first-order valence-electron chi connectivity index (χ1n) is 7.41. The molecule has 1 atom stereocenters. The summed E-state index contributed by atoms with van der Waals surface area (Å²) in [7, 11) is 0. The van der Waals surface area contributed by atoms with E-state index in [0.717, 1.165) is 10.0 Å². The molecule has 0 aliphatic carbocycles. The van der Waals surface area contributed by atoms with Crippen LogP contribution in [0.3, 0.4) is 0 Å². The van der Waals surface area contributed by atoms with Crippen molar-refractivity contribution in [2.45, 2.75) is 26.8 Å². The second kappa shape index (κ2) is 6.37. The molecule has 1 aliphatic heterocycles. The summed E-state index contributed by atoms with van der Waals surface area (Å²) in [6.45, 7) is 7.38. The van der Waals surface area contributed by atoms with E-state index >= 15 is 0 Å². The van der Waals surface area contributed by atoms with Crippen molar-refractivity contribution in [2.24, 2.45) is 0 Å². The van der Waals surface area contributed by atoms with Crippen LogP contribution in [0.2, 0.25) is 0 Å². The SMILES string of the molecule is Cc1ncc(C(=O)N2CCN(C(=O)c3cnc(C)s3)[C@@H](C)C2)s1. The topological polar surface area (TPSA) is 66.4 Å². The van der Waals surface area contributed by atoms with Crippen LogP contribution in [-0.4, -0.2) is 57.3 Å². The molecule has 0 spiro atoms. The van der Waals surface area contributed by atoms with Crippen LogP contribution in [0, 0.1) is 13.8 Å². The van der Waals surface area contributed by atoms with Gasteiger partial charge in [0.25, 0.3) is 11.8 Å². The van der Waals surface area contributed by atoms with Crippen molar-refractivity contribution in [3.63, 3.8) is 0 Å². The van der Waals surface area contributed by atoms with Crippen LogP contribution in [0.25, 0.3) is 0 Å². The molecule has 0 unspecified atom stereocenters. The largest absolute Gasteiger partial charge is 0.334 e. The molecule has 1 fully saturated rings. The predicted octanol–water partition coefficient (Wildman–Crippen LogP) is 2.20. The van der Waals surface area contributed by atoms with Gasteiger partial charge < -0.3 is 9.80 Å². The highest BCUT2D eigenvalue weighted by Crippen LogP contribution is 2.21. The normalized spacial score (nSPS) is 18.3. The minimum atomic E-state index is -0.0170. The van der Waals surface area contributed by atoms with Gasteiger partial charge in [0.2, 0.25) is 0 Å². The van der Waals surface area contributed by atoms with Gasteiger partial charge in [-0.2, -0.15) is 0 Å². The van der Waals surface area contributed by atoms with Gasteiger partial charge in [-0.3, -0.25) is 9.59 Å². The fourth-order valence-electron chi connectivity index (χ4n) is 2.66. The summed E-state index contributed by atoms with van der Waals surface area (Å²) in [6, 6.07) is -0.0170. The van der Waals surface area contributed by atoms with Crippen molar-refractivity contribution in [2.75, 3.05) is 19.6 Å². The van der Waals surface area contributed by atoms with Crippen molar-refractivity contribution < 1.29 is 9.59 Å². The van der Waals surface area contributed by atoms with Gasteiger partial charge in [0.05, 0.1) is 22.4 Å². The molecule has 23 heavy (non-hydrogen) atoms. The molecule has 8 heteroatoms. The van der Waals surface area contributed by atoms with Gasteiger partial charge in [0.1, 0.15) is 9.75 Å². The zero-order valence-electron chi connectivity index (χ0n) is 13.3. The van der Waals surface area contributed by atoms with Crippen LogP contribution in [0.5, 0.6) is 0 Å². The molecule has 6 nitrogen and oxygen atoms in total. The third kappa shape index (κ3) is 3.28. The van der Waals surface area contributed by atoms with Gasteiger partial charge in [-0.25, -0.2) is 9.97 Å². The lowest BCUT2D eigenvalue weighted by Gasteiger charge is -2.39. The molecule has 2 amide bonds. The average molecular weight is 350 g/mol. The Morgan fingerprint density at radius 3 is 2.09 bits per heavy atom. The van der Waals surface area contributed by atoms with Crippen LogP contribution >= 0.6 is 22.7 Å². The number of piperazine rings is 1. The molecular formula is C15H18N4O2S2. The van der Waals surface area contributed by atoms with E-state index in [1.165, 1.54) is 22.7 Å². The molecule has 3 heterocycles. The fraction of sp³-hybridized carbons (Fsp3) is 0.467. The first-order chi connectivity index (χ1) is 11.0. The van der Waals surface area contributed by atoms with E-state index in [-0.39, 0.29) is 17.9 Å². The highest BCUT2D eigenvalue weighted by Gasteiger charge is 2.31. The third-order valence-corrected chi connectivity index (χ3v) is 5.64. The lowest BCUT2D eigenvalue weighted by Crippen LogP contribution is -2.55. The second-order valence-corrected chi connectivity index (χ2v) is 8.06. The quantitative estimate of drug-likeness (QED) is 0.833. The molecule has 0 N–H and O–H groups in total. The molecular weight excluding hydrogens is 332 g/mol. The van der Waals surface area contributed by atoms with Crippen LogP contribution < -0.4 is 0 Å². The molecule has 3 rings (SSSR count). The number of amides is 2. The Balaban J connectivity index is 1.67. The van der Waals surface area contributed by atoms with Crippen molar-refractivity contribution in [1.82, 2.24) is 19.8 Å². The maximum absolute atomic E-state index is 12.6. The Labute approximate surface area is 142 Å². The van der Waals surface area contributed by atoms with Crippen molar-refractivity contribution in [3.05, 3.63) is 32.2 Å². The first kappa shape index (κ1) is 16.1. The van der Waals surface area contributed by atoms with E-state index in [4.69, 9.17) is 0 Å². The average Bonchev–Trinajstić information content (AvgIpc) is 3.14. The molecule has 1 saturated heterocycles. The number of hydrogen-bond donors (Lipinski definition) is 0. The molecule has 0 aromatic carbocycles. The lowest BCUT2D eigenvalue weighted by atomic mass is 10.1. The Bertz CT molecular complexity index is 739. The van der Waals surface area contributed by atoms with Gasteiger partial charge >= 0.3 is 0 Å². The van der Waals surface area contributed by atoms with Gasteiger partial charge in [0, 0.05) is 25.7 Å². The van der Waals surface area contributed by atoms with Crippen molar-refractivity contribution >= 4 is 34.5 Å². The monoisotopic (exact) mass is 350 g/mol. The van der Waals surface area contributed by atoms with Crippen LogP contribution in [0.4, 0.5) is 0 Å². The maximum Gasteiger partial charge on any atom is 0.265 e. The highest BCUT2D eigenvalue weighted by molar-refractivity contribution is 7.13. The third-order valence-electron chi connectivity index (χ3n) is 3.84. The van der Waals surface area contributed by atoms with E-state index in [9.17, 15) is 9.59 Å². The Morgan fingerprint density at radius 1 is 1.04 bits per heavy atom. The number of hydrogen-bond acceptors (Lipinski definition) is 6. The van der Waals surface area contributed by atoms with Gasteiger partial charge in [-0.15, -0.1) is 22.7 Å². The minimum Gasteiger partial charge on any atom is -0.334 e. The Kier molecular flexibility index (Phi) is 4.45. The summed E-state index contributed by atoms with van der Waals surface area (Å²) < 4.78 is 0. The number of thiazole rings is 2. The predicted molar refractivity (Wildman–Crippen MR) is 90.1 cm³/mol. The van der Waals surface area contributed by atoms with Crippen LogP contribution in [-0.2, 0) is 0 Å². The fourth-order valence-corrected chi connectivity index (χ4v) is 4.14. The summed E-state index contributed by atoms with van der Waals surface area (Å²) in [6.07, 6.45) is 3.26. The summed E-state index contributed by atoms with van der Waals surface area (Å²) >= 11 is 2.82. The standard InChI is InChI=1S/C15H18N4O2S2/c1-9-8-18(14(20)12-6-16-10(2)22-12)4-5-19(9)15(21)13-7-17-11(3)23-13/h6-7,9H,4-5,8H2,1-3H3/t9-/m0/s1. The van der Waals surface area contributed by atoms with E-state index in [0.29, 0.717) is 29.4 Å². The van der Waals surface area contributed by atoms with Gasteiger partial charge in [-0.1, -0.05) is 0 Å². The Morgan fingerprint density at radius 2 is 1.61 bits per heavy atom. The molecule has 122 valence electrons. The van der Waals surface area contributed by atoms with Gasteiger partial charge in [0.15, 0.2) is 0 Å². The summed E-state index contributed by atoms with van der Waals surface area (Å²) in [4.78, 5) is 38.3. The molecule has 2 aromatic heterocycles. The van der Waals surface area contributed by atoms with Crippen molar-refractivity contribution in [1.29, 1.82) is 0 Å². The highest BCUT2D eigenvalue weighted by atomic mass is 32.1. The van der Waals surface area contributed by atoms with Crippen molar-refractivity contribution in [3.8, 4) is 0 Å². The van der Waals surface area contributed by atoms with Crippen LogP contribution in [0.15, 0.2) is 12.4 Å². The van der Waals surface area contributed by atoms with E-state index in [1.54, 1.807) is 17.3 Å². The summed E-state index contributed by atoms with van der Waals surface area (Å²) in [5, 5.41) is 1.77. The van der Waals surface area contributed by atoms with Crippen LogP contribution in [0.1, 0.15) is 36.3 Å². The molecule has 2 aromatic rings. The number of carbonyl (C=O) groups is 2. The van der Waals surface area contributed by atoms with Gasteiger partial charge in [-0.05, 0) is 20.8 Å². The number of aromatic nitrogens is 2. The number of rotatable bonds is 2. The number of aryl methyl sites for hydroxylation is 2. The van der Waals surface area contributed by atoms with E-state index in [1.807, 2.05) is 25.7 Å². The molecule has 0 radical (unpaired) electrons. The lowest BCUT2D eigenvalue weighted by molar-refractivity contribution is 0.0419. The summed E-state index contributed by atoms with van der Waals surface area (Å²) in [5.41, 5.74) is 0. The summed E-state index contributed by atoms with van der Waals surface area (Å²) in [5.74, 6) is 0.00650. The van der Waals surface area contributed by atoms with E-state index in [2.05, 4.69) is 9.97 Å². The zero-order valence-corrected chi connectivity index (χ0v) is 14.9. The Hall–Kier alpha value is -1.80. The smallest absolute Gasteiger partial charge is 0.265 e. The molecule has 0 bridgehead atoms. The first-order valence-corrected chi connectivity index (χ1v) is 9.04.